The molecule has 0 fully saturated rings. The highest BCUT2D eigenvalue weighted by Crippen LogP contribution is 2.25. The molecule has 0 amide bonds. The van der Waals surface area contributed by atoms with Crippen LogP contribution in [-0.2, 0) is 11.3 Å². The minimum Gasteiger partial charge on any atom is -0.480 e. The number of aliphatic carboxylic acids is 1. The van der Waals surface area contributed by atoms with Crippen LogP contribution in [0.15, 0.2) is 46.9 Å². The minimum absolute atomic E-state index is 0.205. The molecule has 0 bridgehead atoms. The van der Waals surface area contributed by atoms with Crippen molar-refractivity contribution in [1.82, 2.24) is 0 Å². The van der Waals surface area contributed by atoms with E-state index in [2.05, 4.69) is 15.9 Å². The Bertz CT molecular complexity index is 666. The lowest BCUT2D eigenvalue weighted by atomic mass is 10.2. The molecule has 110 valence electrons. The lowest BCUT2D eigenvalue weighted by Crippen LogP contribution is -2.29. The predicted octanol–water partition coefficient (Wildman–Crippen LogP) is 4.33. The summed E-state index contributed by atoms with van der Waals surface area (Å²) in [6.07, 6.45) is 0. The summed E-state index contributed by atoms with van der Waals surface area (Å²) in [6.45, 7) is 0.0499. The number of hydrogen-bond donors (Lipinski definition) is 1. The van der Waals surface area contributed by atoms with Gasteiger partial charge in [0.05, 0.1) is 4.47 Å². The summed E-state index contributed by atoms with van der Waals surface area (Å²) in [7, 11) is 0. The van der Waals surface area contributed by atoms with Crippen LogP contribution in [0, 0.1) is 5.82 Å². The molecule has 0 saturated heterocycles. The first kappa shape index (κ1) is 15.8. The van der Waals surface area contributed by atoms with Gasteiger partial charge in [-0.2, -0.15) is 0 Å². The van der Waals surface area contributed by atoms with Crippen molar-refractivity contribution in [1.29, 1.82) is 0 Å². The van der Waals surface area contributed by atoms with Gasteiger partial charge in [0.15, 0.2) is 0 Å². The van der Waals surface area contributed by atoms with Crippen LogP contribution in [0.1, 0.15) is 5.56 Å². The van der Waals surface area contributed by atoms with E-state index < -0.39 is 5.97 Å². The first-order valence-electron chi connectivity index (χ1n) is 6.12. The van der Waals surface area contributed by atoms with Crippen LogP contribution in [0.25, 0.3) is 0 Å². The molecule has 6 heteroatoms. The molecular weight excluding hydrogens is 361 g/mol. The van der Waals surface area contributed by atoms with E-state index >= 15 is 0 Å². The summed E-state index contributed by atoms with van der Waals surface area (Å²) in [5, 5.41) is 9.57. The van der Waals surface area contributed by atoms with Crippen molar-refractivity contribution in [2.24, 2.45) is 0 Å². The van der Waals surface area contributed by atoms with Crippen LogP contribution in [0.3, 0.4) is 0 Å². The molecule has 0 aliphatic heterocycles. The second kappa shape index (κ2) is 6.91. The molecule has 0 saturated carbocycles. The van der Waals surface area contributed by atoms with E-state index in [4.69, 9.17) is 16.7 Å². The average Bonchev–Trinajstić information content (AvgIpc) is 2.42. The standard InChI is InChI=1S/C15H12BrClFNO2/c16-15-10(3-1-6-13(15)18)8-19(9-14(20)21)12-5-2-4-11(17)7-12/h1-7H,8-9H2,(H,20,21). The smallest absolute Gasteiger partial charge is 0.323 e. The number of carboxylic acids is 1. The molecule has 2 aromatic rings. The van der Waals surface area contributed by atoms with Crippen LogP contribution in [0.4, 0.5) is 10.1 Å². The van der Waals surface area contributed by atoms with Crippen molar-refractivity contribution in [2.75, 3.05) is 11.4 Å². The molecule has 0 heterocycles. The van der Waals surface area contributed by atoms with Gasteiger partial charge in [-0.05, 0) is 45.8 Å². The maximum Gasteiger partial charge on any atom is 0.323 e. The fourth-order valence-corrected chi connectivity index (χ4v) is 2.53. The normalized spacial score (nSPS) is 10.4. The number of carboxylic acid groups (broad SMARTS) is 1. The number of halogens is 3. The number of rotatable bonds is 5. The van der Waals surface area contributed by atoms with E-state index in [9.17, 15) is 9.18 Å². The summed E-state index contributed by atoms with van der Waals surface area (Å²) in [6, 6.07) is 11.6. The first-order chi connectivity index (χ1) is 9.97. The van der Waals surface area contributed by atoms with Crippen molar-refractivity contribution < 1.29 is 14.3 Å². The number of anilines is 1. The van der Waals surface area contributed by atoms with Gasteiger partial charge in [-0.15, -0.1) is 0 Å². The molecule has 2 rings (SSSR count). The Balaban J connectivity index is 2.32. The molecule has 0 aliphatic rings. The predicted molar refractivity (Wildman–Crippen MR) is 84.2 cm³/mol. The van der Waals surface area contributed by atoms with E-state index in [0.717, 1.165) is 0 Å². The Morgan fingerprint density at radius 3 is 2.67 bits per heavy atom. The number of carbonyl (C=O) groups is 1. The van der Waals surface area contributed by atoms with E-state index in [1.807, 2.05) is 0 Å². The van der Waals surface area contributed by atoms with Crippen LogP contribution in [0.5, 0.6) is 0 Å². The first-order valence-corrected chi connectivity index (χ1v) is 7.29. The molecular formula is C15H12BrClFNO2. The summed E-state index contributed by atoms with van der Waals surface area (Å²) in [5.41, 5.74) is 1.33. The van der Waals surface area contributed by atoms with Crippen LogP contribution >= 0.6 is 27.5 Å². The largest absolute Gasteiger partial charge is 0.480 e. The quantitative estimate of drug-likeness (QED) is 0.849. The Labute approximate surface area is 135 Å². The van der Waals surface area contributed by atoms with Crippen molar-refractivity contribution in [2.45, 2.75) is 6.54 Å². The summed E-state index contributed by atoms with van der Waals surface area (Å²) < 4.78 is 13.9. The minimum atomic E-state index is -0.970. The van der Waals surface area contributed by atoms with Gasteiger partial charge in [-0.25, -0.2) is 4.39 Å². The van der Waals surface area contributed by atoms with Gasteiger partial charge in [0, 0.05) is 17.3 Å². The highest BCUT2D eigenvalue weighted by atomic mass is 79.9. The summed E-state index contributed by atoms with van der Waals surface area (Å²) in [5.74, 6) is -1.35. The van der Waals surface area contributed by atoms with Gasteiger partial charge >= 0.3 is 5.97 Å². The lowest BCUT2D eigenvalue weighted by Gasteiger charge is -2.24. The molecule has 0 spiro atoms. The Kier molecular flexibility index (Phi) is 5.20. The molecule has 1 N–H and O–H groups in total. The van der Waals surface area contributed by atoms with Gasteiger partial charge in [0.25, 0.3) is 0 Å². The Morgan fingerprint density at radius 2 is 2.00 bits per heavy atom. The molecule has 3 nitrogen and oxygen atoms in total. The Morgan fingerprint density at radius 1 is 1.29 bits per heavy atom. The molecule has 0 aromatic heterocycles. The van der Waals surface area contributed by atoms with Gasteiger partial charge in [0.1, 0.15) is 12.4 Å². The molecule has 21 heavy (non-hydrogen) atoms. The van der Waals surface area contributed by atoms with E-state index in [-0.39, 0.29) is 18.9 Å². The van der Waals surface area contributed by atoms with Crippen LogP contribution < -0.4 is 4.90 Å². The van der Waals surface area contributed by atoms with E-state index in [1.54, 1.807) is 41.3 Å². The van der Waals surface area contributed by atoms with Crippen molar-refractivity contribution in [3.8, 4) is 0 Å². The van der Waals surface area contributed by atoms with E-state index in [1.165, 1.54) is 6.07 Å². The van der Waals surface area contributed by atoms with E-state index in [0.29, 0.717) is 20.7 Å². The van der Waals surface area contributed by atoms with Gasteiger partial charge in [-0.1, -0.05) is 29.8 Å². The number of nitrogens with zero attached hydrogens (tertiary/aromatic N) is 1. The summed E-state index contributed by atoms with van der Waals surface area (Å²) in [4.78, 5) is 12.7. The second-order valence-electron chi connectivity index (χ2n) is 4.44. The fraction of sp³-hybridized carbons (Fsp3) is 0.133. The lowest BCUT2D eigenvalue weighted by molar-refractivity contribution is -0.135. The van der Waals surface area contributed by atoms with Gasteiger partial charge in [0.2, 0.25) is 0 Å². The molecule has 2 aromatic carbocycles. The highest BCUT2D eigenvalue weighted by molar-refractivity contribution is 9.10. The third kappa shape index (κ3) is 4.19. The summed E-state index contributed by atoms with van der Waals surface area (Å²) >= 11 is 9.13. The fourth-order valence-electron chi connectivity index (χ4n) is 1.95. The zero-order valence-electron chi connectivity index (χ0n) is 10.9. The van der Waals surface area contributed by atoms with Gasteiger partial charge in [-0.3, -0.25) is 4.79 Å². The van der Waals surface area contributed by atoms with Gasteiger partial charge < -0.3 is 10.0 Å². The SMILES string of the molecule is O=C(O)CN(Cc1cccc(F)c1Br)c1cccc(Cl)c1. The number of benzene rings is 2. The molecule has 0 aliphatic carbocycles. The zero-order chi connectivity index (χ0) is 15.4. The monoisotopic (exact) mass is 371 g/mol. The third-order valence-electron chi connectivity index (χ3n) is 2.89. The van der Waals surface area contributed by atoms with Crippen LogP contribution in [-0.4, -0.2) is 17.6 Å². The third-order valence-corrected chi connectivity index (χ3v) is 4.02. The zero-order valence-corrected chi connectivity index (χ0v) is 13.2. The van der Waals surface area contributed by atoms with Crippen molar-refractivity contribution in [3.63, 3.8) is 0 Å². The maximum absolute atomic E-state index is 13.6. The molecule has 0 unspecified atom stereocenters. The average molecular weight is 373 g/mol. The highest BCUT2D eigenvalue weighted by Gasteiger charge is 2.14. The molecule has 0 radical (unpaired) electrons. The Hall–Kier alpha value is -1.59. The molecule has 0 atom stereocenters. The second-order valence-corrected chi connectivity index (χ2v) is 5.67. The maximum atomic E-state index is 13.6. The topological polar surface area (TPSA) is 40.5 Å². The number of hydrogen-bond acceptors (Lipinski definition) is 2. The van der Waals surface area contributed by atoms with Crippen molar-refractivity contribution in [3.05, 3.63) is 63.3 Å². The van der Waals surface area contributed by atoms with Crippen LogP contribution in [0.2, 0.25) is 5.02 Å². The van der Waals surface area contributed by atoms with Crippen molar-refractivity contribution >= 4 is 39.2 Å².